The predicted octanol–water partition coefficient (Wildman–Crippen LogP) is 2.59. The first-order valence-electron chi connectivity index (χ1n) is 5.55. The number of nitrogen functional groups attached to an aromatic ring is 1. The minimum Gasteiger partial charge on any atom is -0.497 e. The van der Waals surface area contributed by atoms with Gasteiger partial charge in [0.05, 0.1) is 12.8 Å². The van der Waals surface area contributed by atoms with Crippen LogP contribution in [0.15, 0.2) is 28.7 Å². The maximum atomic E-state index is 5.32. The molecule has 4 N–H and O–H groups in total. The van der Waals surface area contributed by atoms with Crippen molar-refractivity contribution in [1.82, 2.24) is 9.97 Å². The Morgan fingerprint density at radius 3 is 2.74 bits per heavy atom. The summed E-state index contributed by atoms with van der Waals surface area (Å²) in [5.74, 6) is 7.09. The Morgan fingerprint density at radius 2 is 2.05 bits per heavy atom. The average Bonchev–Trinajstić information content (AvgIpc) is 2.40. The summed E-state index contributed by atoms with van der Waals surface area (Å²) in [4.78, 5) is 8.35. The lowest BCUT2D eigenvalue weighted by atomic mass is 10.3. The van der Waals surface area contributed by atoms with Crippen LogP contribution < -0.4 is 21.3 Å². The SMILES string of the molecule is COc1ccc(Br)c(Nc2cc(C)nc(NN)n2)c1. The van der Waals surface area contributed by atoms with E-state index in [4.69, 9.17) is 10.6 Å². The molecule has 0 unspecified atom stereocenters. The number of nitrogens with zero attached hydrogens (tertiary/aromatic N) is 2. The van der Waals surface area contributed by atoms with E-state index in [0.717, 1.165) is 21.6 Å². The summed E-state index contributed by atoms with van der Waals surface area (Å²) in [6.45, 7) is 1.87. The number of hydrogen-bond donors (Lipinski definition) is 3. The summed E-state index contributed by atoms with van der Waals surface area (Å²) in [7, 11) is 1.62. The van der Waals surface area contributed by atoms with Gasteiger partial charge in [-0.25, -0.2) is 10.8 Å². The third kappa shape index (κ3) is 3.33. The number of aryl methyl sites for hydroxylation is 1. The zero-order chi connectivity index (χ0) is 13.8. The zero-order valence-corrected chi connectivity index (χ0v) is 12.2. The number of anilines is 3. The Bertz CT molecular complexity index is 590. The van der Waals surface area contributed by atoms with Gasteiger partial charge in [0.2, 0.25) is 5.95 Å². The van der Waals surface area contributed by atoms with E-state index in [1.54, 1.807) is 7.11 Å². The van der Waals surface area contributed by atoms with Crippen LogP contribution in [0.3, 0.4) is 0 Å². The highest BCUT2D eigenvalue weighted by Gasteiger charge is 2.05. The number of aromatic nitrogens is 2. The highest BCUT2D eigenvalue weighted by Crippen LogP contribution is 2.29. The van der Waals surface area contributed by atoms with Gasteiger partial charge in [-0.3, -0.25) is 5.43 Å². The molecule has 0 aliphatic heterocycles. The normalized spacial score (nSPS) is 10.1. The molecule has 0 bridgehead atoms. The molecule has 1 aromatic carbocycles. The Labute approximate surface area is 119 Å². The molecule has 2 rings (SSSR count). The molecule has 0 aliphatic rings. The second-order valence-electron chi connectivity index (χ2n) is 3.83. The molecule has 0 saturated carbocycles. The molecule has 0 radical (unpaired) electrons. The van der Waals surface area contributed by atoms with Crippen molar-refractivity contribution in [3.63, 3.8) is 0 Å². The molecule has 0 spiro atoms. The van der Waals surface area contributed by atoms with Crippen molar-refractivity contribution in [2.45, 2.75) is 6.92 Å². The van der Waals surface area contributed by atoms with Gasteiger partial charge in [-0.2, -0.15) is 4.98 Å². The van der Waals surface area contributed by atoms with Gasteiger partial charge >= 0.3 is 0 Å². The van der Waals surface area contributed by atoms with Gasteiger partial charge in [-0.15, -0.1) is 0 Å². The molecular formula is C12H14BrN5O. The highest BCUT2D eigenvalue weighted by atomic mass is 79.9. The minimum atomic E-state index is 0.363. The van der Waals surface area contributed by atoms with Crippen LogP contribution in [0.4, 0.5) is 17.5 Å². The molecule has 6 nitrogen and oxygen atoms in total. The van der Waals surface area contributed by atoms with E-state index in [1.165, 1.54) is 0 Å². The maximum absolute atomic E-state index is 5.32. The Kier molecular flexibility index (Phi) is 4.18. The molecule has 0 atom stereocenters. The molecule has 0 fully saturated rings. The second-order valence-corrected chi connectivity index (χ2v) is 4.69. The first kappa shape index (κ1) is 13.6. The predicted molar refractivity (Wildman–Crippen MR) is 78.6 cm³/mol. The summed E-state index contributed by atoms with van der Waals surface area (Å²) in [5.41, 5.74) is 4.09. The van der Waals surface area contributed by atoms with Crippen molar-refractivity contribution in [3.8, 4) is 5.75 Å². The molecule has 0 aliphatic carbocycles. The maximum Gasteiger partial charge on any atom is 0.239 e. The van der Waals surface area contributed by atoms with E-state index in [9.17, 15) is 0 Å². The first-order chi connectivity index (χ1) is 9.12. The second kappa shape index (κ2) is 5.85. The number of rotatable bonds is 4. The third-order valence-electron chi connectivity index (χ3n) is 2.42. The summed E-state index contributed by atoms with van der Waals surface area (Å²) < 4.78 is 6.10. The molecule has 1 aromatic heterocycles. The zero-order valence-electron chi connectivity index (χ0n) is 10.6. The Morgan fingerprint density at radius 1 is 1.26 bits per heavy atom. The molecule has 7 heteroatoms. The fourth-order valence-corrected chi connectivity index (χ4v) is 1.91. The molecule has 2 aromatic rings. The summed E-state index contributed by atoms with van der Waals surface area (Å²) in [6.07, 6.45) is 0. The smallest absolute Gasteiger partial charge is 0.239 e. The average molecular weight is 324 g/mol. The van der Waals surface area contributed by atoms with E-state index in [1.807, 2.05) is 31.2 Å². The lowest BCUT2D eigenvalue weighted by molar-refractivity contribution is 0.415. The summed E-state index contributed by atoms with van der Waals surface area (Å²) >= 11 is 3.47. The highest BCUT2D eigenvalue weighted by molar-refractivity contribution is 9.10. The van der Waals surface area contributed by atoms with Gasteiger partial charge in [0.25, 0.3) is 0 Å². The number of halogens is 1. The van der Waals surface area contributed by atoms with E-state index < -0.39 is 0 Å². The molecule has 0 amide bonds. The largest absolute Gasteiger partial charge is 0.497 e. The topological polar surface area (TPSA) is 85.1 Å². The monoisotopic (exact) mass is 323 g/mol. The van der Waals surface area contributed by atoms with Crippen LogP contribution in [0.25, 0.3) is 0 Å². The van der Waals surface area contributed by atoms with Gasteiger partial charge in [-0.1, -0.05) is 0 Å². The Balaban J connectivity index is 2.32. The van der Waals surface area contributed by atoms with Crippen molar-refractivity contribution in [1.29, 1.82) is 0 Å². The number of benzene rings is 1. The summed E-state index contributed by atoms with van der Waals surface area (Å²) in [5, 5.41) is 3.19. The molecule has 0 saturated heterocycles. The lowest BCUT2D eigenvalue weighted by Crippen LogP contribution is -2.12. The van der Waals surface area contributed by atoms with E-state index in [0.29, 0.717) is 11.8 Å². The van der Waals surface area contributed by atoms with E-state index in [-0.39, 0.29) is 0 Å². The Hall–Kier alpha value is -1.86. The van der Waals surface area contributed by atoms with Gasteiger partial charge in [-0.05, 0) is 35.0 Å². The summed E-state index contributed by atoms with van der Waals surface area (Å²) in [6, 6.07) is 7.47. The standard InChI is InChI=1S/C12H14BrN5O/c1-7-5-11(17-12(15-7)18-14)16-10-6-8(19-2)3-4-9(10)13/h3-6H,14H2,1-2H3,(H2,15,16,17,18). The minimum absolute atomic E-state index is 0.363. The number of hydrogen-bond acceptors (Lipinski definition) is 6. The first-order valence-corrected chi connectivity index (χ1v) is 6.34. The van der Waals surface area contributed by atoms with Crippen molar-refractivity contribution in [2.75, 3.05) is 17.9 Å². The molecule has 19 heavy (non-hydrogen) atoms. The lowest BCUT2D eigenvalue weighted by Gasteiger charge is -2.11. The van der Waals surface area contributed by atoms with Crippen LogP contribution >= 0.6 is 15.9 Å². The van der Waals surface area contributed by atoms with Crippen LogP contribution in [-0.4, -0.2) is 17.1 Å². The van der Waals surface area contributed by atoms with Gasteiger partial charge in [0.15, 0.2) is 0 Å². The number of ether oxygens (including phenoxy) is 1. The van der Waals surface area contributed by atoms with Crippen LogP contribution in [0.1, 0.15) is 5.69 Å². The fourth-order valence-electron chi connectivity index (χ4n) is 1.56. The van der Waals surface area contributed by atoms with Crippen molar-refractivity contribution < 1.29 is 4.74 Å². The molecular weight excluding hydrogens is 310 g/mol. The van der Waals surface area contributed by atoms with E-state index >= 15 is 0 Å². The van der Waals surface area contributed by atoms with Crippen LogP contribution in [0.2, 0.25) is 0 Å². The third-order valence-corrected chi connectivity index (χ3v) is 3.11. The number of hydrazine groups is 1. The van der Waals surface area contributed by atoms with E-state index in [2.05, 4.69) is 36.6 Å². The molecule has 100 valence electrons. The number of methoxy groups -OCH3 is 1. The van der Waals surface area contributed by atoms with Gasteiger partial charge in [0.1, 0.15) is 11.6 Å². The van der Waals surface area contributed by atoms with Crippen LogP contribution in [-0.2, 0) is 0 Å². The fraction of sp³-hybridized carbons (Fsp3) is 0.167. The van der Waals surface area contributed by atoms with Crippen LogP contribution in [0.5, 0.6) is 5.75 Å². The van der Waals surface area contributed by atoms with Crippen molar-refractivity contribution >= 4 is 33.4 Å². The van der Waals surface area contributed by atoms with Crippen molar-refractivity contribution in [2.24, 2.45) is 5.84 Å². The molecule has 1 heterocycles. The quantitative estimate of drug-likeness (QED) is 0.592. The van der Waals surface area contributed by atoms with Gasteiger partial charge in [0, 0.05) is 22.3 Å². The van der Waals surface area contributed by atoms with Gasteiger partial charge < -0.3 is 10.1 Å². The number of nitrogens with two attached hydrogens (primary N) is 1. The van der Waals surface area contributed by atoms with Crippen LogP contribution in [0, 0.1) is 6.92 Å². The number of nitrogens with one attached hydrogen (secondary N) is 2. The van der Waals surface area contributed by atoms with Crippen molar-refractivity contribution in [3.05, 3.63) is 34.4 Å².